The zero-order chi connectivity index (χ0) is 20.6. The lowest BCUT2D eigenvalue weighted by Crippen LogP contribution is -2.50. The molecule has 0 radical (unpaired) electrons. The zero-order valence-corrected chi connectivity index (χ0v) is 17.7. The standard InChI is InChI=1S/C24H29ClN2O2/c1-18(24(29)26-22-13-6-3-7-14-22)27(17-19-9-4-2-5-10-19)23(28)16-20-11-8-12-21(25)15-20/h2,4-5,8-12,15,18,22H,3,6-7,13-14,16-17H2,1H3,(H,26,29). The number of halogens is 1. The third-order valence-corrected chi connectivity index (χ3v) is 5.79. The Balaban J connectivity index is 1.73. The minimum absolute atomic E-state index is 0.0766. The van der Waals surface area contributed by atoms with Crippen molar-refractivity contribution in [1.82, 2.24) is 10.2 Å². The average Bonchev–Trinajstić information content (AvgIpc) is 2.73. The van der Waals surface area contributed by atoms with Crippen LogP contribution in [0.4, 0.5) is 0 Å². The molecule has 4 nitrogen and oxygen atoms in total. The molecule has 0 bridgehead atoms. The molecule has 2 aromatic rings. The van der Waals surface area contributed by atoms with Gasteiger partial charge in [0.1, 0.15) is 6.04 Å². The molecular formula is C24H29ClN2O2. The monoisotopic (exact) mass is 412 g/mol. The van der Waals surface area contributed by atoms with Gasteiger partial charge in [-0.15, -0.1) is 0 Å². The van der Waals surface area contributed by atoms with Crippen LogP contribution < -0.4 is 5.32 Å². The van der Waals surface area contributed by atoms with Crippen LogP contribution >= 0.6 is 11.6 Å². The van der Waals surface area contributed by atoms with E-state index in [1.165, 1.54) is 6.42 Å². The van der Waals surface area contributed by atoms with Crippen molar-refractivity contribution < 1.29 is 9.59 Å². The Morgan fingerprint density at radius 1 is 1.03 bits per heavy atom. The van der Waals surface area contributed by atoms with Gasteiger partial charge in [0.2, 0.25) is 11.8 Å². The van der Waals surface area contributed by atoms with E-state index in [0.717, 1.165) is 36.8 Å². The molecule has 5 heteroatoms. The number of nitrogens with zero attached hydrogens (tertiary/aromatic N) is 1. The lowest BCUT2D eigenvalue weighted by atomic mass is 9.95. The Morgan fingerprint density at radius 2 is 1.72 bits per heavy atom. The van der Waals surface area contributed by atoms with Crippen LogP contribution in [-0.4, -0.2) is 28.8 Å². The Bertz CT molecular complexity index is 819. The Kier molecular flexibility index (Phi) is 7.70. The van der Waals surface area contributed by atoms with E-state index < -0.39 is 6.04 Å². The van der Waals surface area contributed by atoms with Crippen LogP contribution in [0, 0.1) is 0 Å². The Morgan fingerprint density at radius 3 is 2.41 bits per heavy atom. The molecular weight excluding hydrogens is 384 g/mol. The third-order valence-electron chi connectivity index (χ3n) is 5.56. The topological polar surface area (TPSA) is 49.4 Å². The van der Waals surface area contributed by atoms with E-state index in [0.29, 0.717) is 11.6 Å². The Hall–Kier alpha value is -2.33. The van der Waals surface area contributed by atoms with Crippen molar-refractivity contribution in [2.75, 3.05) is 0 Å². The number of carbonyl (C=O) groups is 2. The van der Waals surface area contributed by atoms with Gasteiger partial charge in [0.15, 0.2) is 0 Å². The maximum absolute atomic E-state index is 13.2. The highest BCUT2D eigenvalue weighted by molar-refractivity contribution is 6.30. The van der Waals surface area contributed by atoms with Crippen LogP contribution in [0.15, 0.2) is 54.6 Å². The van der Waals surface area contributed by atoms with Gasteiger partial charge >= 0.3 is 0 Å². The third kappa shape index (κ3) is 6.33. The number of hydrogen-bond acceptors (Lipinski definition) is 2. The number of amides is 2. The van der Waals surface area contributed by atoms with Crippen molar-refractivity contribution >= 4 is 23.4 Å². The SMILES string of the molecule is CC(C(=O)NC1CCCCC1)N(Cc1ccccc1)C(=O)Cc1cccc(Cl)c1. The fourth-order valence-corrected chi connectivity index (χ4v) is 4.07. The minimum Gasteiger partial charge on any atom is -0.352 e. The first kappa shape index (κ1) is 21.4. The summed E-state index contributed by atoms with van der Waals surface area (Å²) in [6, 6.07) is 16.8. The van der Waals surface area contributed by atoms with Crippen molar-refractivity contribution in [3.63, 3.8) is 0 Å². The van der Waals surface area contributed by atoms with Crippen molar-refractivity contribution in [2.24, 2.45) is 0 Å². The van der Waals surface area contributed by atoms with E-state index >= 15 is 0 Å². The van der Waals surface area contributed by atoms with Gasteiger partial charge in [-0.2, -0.15) is 0 Å². The molecule has 1 aliphatic carbocycles. The number of carbonyl (C=O) groups excluding carboxylic acids is 2. The summed E-state index contributed by atoms with van der Waals surface area (Å²) >= 11 is 6.07. The molecule has 1 N–H and O–H groups in total. The molecule has 1 unspecified atom stereocenters. The summed E-state index contributed by atoms with van der Waals surface area (Å²) in [6.45, 7) is 2.22. The summed E-state index contributed by atoms with van der Waals surface area (Å²) in [6.07, 6.45) is 5.80. The molecule has 0 saturated heterocycles. The highest BCUT2D eigenvalue weighted by Crippen LogP contribution is 2.19. The molecule has 29 heavy (non-hydrogen) atoms. The lowest BCUT2D eigenvalue weighted by Gasteiger charge is -2.31. The molecule has 154 valence electrons. The van der Waals surface area contributed by atoms with Crippen LogP contribution in [0.3, 0.4) is 0 Å². The van der Waals surface area contributed by atoms with Crippen molar-refractivity contribution in [2.45, 2.75) is 64.1 Å². The van der Waals surface area contributed by atoms with Crippen molar-refractivity contribution in [3.8, 4) is 0 Å². The van der Waals surface area contributed by atoms with Gasteiger partial charge in [-0.25, -0.2) is 0 Å². The molecule has 1 atom stereocenters. The maximum atomic E-state index is 13.2. The van der Waals surface area contributed by atoms with Crippen LogP contribution in [-0.2, 0) is 22.6 Å². The second kappa shape index (κ2) is 10.4. The van der Waals surface area contributed by atoms with Gasteiger partial charge in [-0.1, -0.05) is 73.3 Å². The molecule has 2 aromatic carbocycles. The molecule has 3 rings (SSSR count). The largest absolute Gasteiger partial charge is 0.352 e. The fraction of sp³-hybridized carbons (Fsp3) is 0.417. The smallest absolute Gasteiger partial charge is 0.242 e. The minimum atomic E-state index is -0.538. The van der Waals surface area contributed by atoms with E-state index in [-0.39, 0.29) is 24.3 Å². The molecule has 1 aliphatic rings. The molecule has 0 heterocycles. The van der Waals surface area contributed by atoms with Crippen LogP contribution in [0.25, 0.3) is 0 Å². The predicted octanol–water partition coefficient (Wildman–Crippen LogP) is 4.75. The molecule has 2 amide bonds. The van der Waals surface area contributed by atoms with Gasteiger partial charge in [0.25, 0.3) is 0 Å². The van der Waals surface area contributed by atoms with Gasteiger partial charge in [-0.05, 0) is 43.0 Å². The second-order valence-electron chi connectivity index (χ2n) is 7.83. The van der Waals surface area contributed by atoms with Gasteiger partial charge < -0.3 is 10.2 Å². The predicted molar refractivity (Wildman–Crippen MR) is 117 cm³/mol. The lowest BCUT2D eigenvalue weighted by molar-refractivity contribution is -0.140. The highest BCUT2D eigenvalue weighted by Gasteiger charge is 2.28. The zero-order valence-electron chi connectivity index (χ0n) is 16.9. The van der Waals surface area contributed by atoms with E-state index in [4.69, 9.17) is 11.6 Å². The van der Waals surface area contributed by atoms with E-state index in [9.17, 15) is 9.59 Å². The van der Waals surface area contributed by atoms with E-state index in [1.54, 1.807) is 17.0 Å². The summed E-state index contributed by atoms with van der Waals surface area (Å²) in [5, 5.41) is 3.76. The molecule has 0 aliphatic heterocycles. The molecule has 1 saturated carbocycles. The molecule has 0 aromatic heterocycles. The van der Waals surface area contributed by atoms with E-state index in [1.807, 2.05) is 49.4 Å². The number of rotatable bonds is 7. The maximum Gasteiger partial charge on any atom is 0.242 e. The average molecular weight is 413 g/mol. The Labute approximate surface area is 178 Å². The first-order chi connectivity index (χ1) is 14.0. The van der Waals surface area contributed by atoms with Gasteiger partial charge in [0, 0.05) is 17.6 Å². The van der Waals surface area contributed by atoms with Gasteiger partial charge in [-0.3, -0.25) is 9.59 Å². The van der Waals surface area contributed by atoms with Crippen molar-refractivity contribution in [3.05, 3.63) is 70.7 Å². The first-order valence-corrected chi connectivity index (χ1v) is 10.8. The first-order valence-electron chi connectivity index (χ1n) is 10.4. The normalized spacial score (nSPS) is 15.5. The summed E-state index contributed by atoms with van der Waals surface area (Å²) in [7, 11) is 0. The van der Waals surface area contributed by atoms with Crippen LogP contribution in [0.2, 0.25) is 5.02 Å². The number of nitrogens with one attached hydrogen (secondary N) is 1. The summed E-state index contributed by atoms with van der Waals surface area (Å²) in [5.74, 6) is -0.158. The number of hydrogen-bond donors (Lipinski definition) is 1. The molecule has 1 fully saturated rings. The quantitative estimate of drug-likeness (QED) is 0.713. The van der Waals surface area contributed by atoms with Crippen LogP contribution in [0.5, 0.6) is 0 Å². The highest BCUT2D eigenvalue weighted by atomic mass is 35.5. The van der Waals surface area contributed by atoms with Gasteiger partial charge in [0.05, 0.1) is 6.42 Å². The molecule has 0 spiro atoms. The summed E-state index contributed by atoms with van der Waals surface area (Å²) in [4.78, 5) is 27.8. The van der Waals surface area contributed by atoms with Crippen molar-refractivity contribution in [1.29, 1.82) is 0 Å². The van der Waals surface area contributed by atoms with E-state index in [2.05, 4.69) is 5.32 Å². The second-order valence-corrected chi connectivity index (χ2v) is 8.27. The number of benzene rings is 2. The van der Waals surface area contributed by atoms with Crippen LogP contribution in [0.1, 0.15) is 50.2 Å². The summed E-state index contributed by atoms with van der Waals surface area (Å²) < 4.78 is 0. The fourth-order valence-electron chi connectivity index (χ4n) is 3.85. The summed E-state index contributed by atoms with van der Waals surface area (Å²) in [5.41, 5.74) is 1.85.